The number of hydrogen-bond donors (Lipinski definition) is 0. The van der Waals surface area contributed by atoms with E-state index >= 15 is 0 Å². The molecule has 5 nitrogen and oxygen atoms in total. The number of nitriles is 1. The molecule has 0 saturated carbocycles. The monoisotopic (exact) mass is 325 g/mol. The number of hydrogen-bond acceptors (Lipinski definition) is 5. The second kappa shape index (κ2) is 8.83. The van der Waals surface area contributed by atoms with Crippen molar-refractivity contribution < 1.29 is 27.8 Å². The summed E-state index contributed by atoms with van der Waals surface area (Å²) in [7, 11) is 0. The molecule has 0 heterocycles. The smallest absolute Gasteiger partial charge is 0.325 e. The molecule has 0 fully saturated rings. The third-order valence-corrected chi connectivity index (χ3v) is 2.91. The molecule has 0 N–H and O–H groups in total. The molecule has 0 unspecified atom stereocenters. The predicted octanol–water partition coefficient (Wildman–Crippen LogP) is 2.83. The van der Waals surface area contributed by atoms with Crippen LogP contribution in [0, 0.1) is 23.0 Å². The van der Waals surface area contributed by atoms with Gasteiger partial charge in [0.05, 0.1) is 18.8 Å². The van der Waals surface area contributed by atoms with Crippen molar-refractivity contribution in [1.29, 1.82) is 5.26 Å². The number of carbonyl (C=O) groups excluding carboxylic acids is 2. The maximum atomic E-state index is 14.1. The molecule has 1 rings (SSSR count). The van der Waals surface area contributed by atoms with Crippen LogP contribution in [0.4, 0.5) is 8.78 Å². The Morgan fingerprint density at radius 2 is 1.61 bits per heavy atom. The molecular formula is C16H17F2NO4. The fourth-order valence-electron chi connectivity index (χ4n) is 1.80. The van der Waals surface area contributed by atoms with Crippen molar-refractivity contribution in [1.82, 2.24) is 0 Å². The Bertz CT molecular complexity index is 605. The minimum atomic E-state index is -1.73. The average Bonchev–Trinajstić information content (AvgIpc) is 2.55. The number of ether oxygens (including phenoxy) is 2. The molecule has 0 aromatic heterocycles. The van der Waals surface area contributed by atoms with Crippen LogP contribution in [0.1, 0.15) is 43.7 Å². The Morgan fingerprint density at radius 1 is 1.09 bits per heavy atom. The lowest BCUT2D eigenvalue weighted by Crippen LogP contribution is -2.28. The first kappa shape index (κ1) is 18.6. The van der Waals surface area contributed by atoms with E-state index in [0.717, 1.165) is 12.1 Å². The second-order valence-corrected chi connectivity index (χ2v) is 4.71. The van der Waals surface area contributed by atoms with Gasteiger partial charge in [-0.2, -0.15) is 5.26 Å². The van der Waals surface area contributed by atoms with Crippen LogP contribution in [-0.2, 0) is 19.1 Å². The van der Waals surface area contributed by atoms with E-state index in [1.165, 1.54) is 6.07 Å². The number of nitrogens with zero attached hydrogens (tertiary/aromatic N) is 1. The molecule has 0 saturated heterocycles. The Labute approximate surface area is 132 Å². The molecule has 1 aromatic carbocycles. The van der Waals surface area contributed by atoms with Gasteiger partial charge in [-0.1, -0.05) is 19.9 Å². The third kappa shape index (κ3) is 4.49. The highest BCUT2D eigenvalue weighted by Gasteiger charge is 2.35. The Morgan fingerprint density at radius 3 is 2.04 bits per heavy atom. The van der Waals surface area contributed by atoms with Gasteiger partial charge in [-0.05, 0) is 18.9 Å². The van der Waals surface area contributed by atoms with Crippen molar-refractivity contribution in [3.8, 4) is 6.07 Å². The topological polar surface area (TPSA) is 76.4 Å². The summed E-state index contributed by atoms with van der Waals surface area (Å²) in [5.41, 5.74) is -1.03. The maximum absolute atomic E-state index is 14.1. The lowest BCUT2D eigenvalue weighted by atomic mass is 9.97. The summed E-state index contributed by atoms with van der Waals surface area (Å²) in [4.78, 5) is 24.1. The standard InChI is InChI=1S/C16H17F2NO4/c1-3-7-22-15(20)12(16(21)23-8-4-2)11-6-5-10(9-19)13(17)14(11)18/h5-6,12H,3-4,7-8H2,1-2H3. The average molecular weight is 325 g/mol. The van der Waals surface area contributed by atoms with Gasteiger partial charge in [0.25, 0.3) is 0 Å². The van der Waals surface area contributed by atoms with E-state index in [9.17, 15) is 18.4 Å². The van der Waals surface area contributed by atoms with Crippen LogP contribution in [-0.4, -0.2) is 25.2 Å². The van der Waals surface area contributed by atoms with Crippen LogP contribution in [0.25, 0.3) is 0 Å². The van der Waals surface area contributed by atoms with Crippen LogP contribution in [0.5, 0.6) is 0 Å². The summed E-state index contributed by atoms with van der Waals surface area (Å²) in [6.07, 6.45) is 1.01. The summed E-state index contributed by atoms with van der Waals surface area (Å²) < 4.78 is 37.6. The number of benzene rings is 1. The lowest BCUT2D eigenvalue weighted by molar-refractivity contribution is -0.157. The zero-order chi connectivity index (χ0) is 17.4. The van der Waals surface area contributed by atoms with Crippen molar-refractivity contribution in [3.05, 3.63) is 34.9 Å². The summed E-state index contributed by atoms with van der Waals surface area (Å²) in [5, 5.41) is 8.68. The van der Waals surface area contributed by atoms with Crippen molar-refractivity contribution >= 4 is 11.9 Å². The molecule has 0 atom stereocenters. The van der Waals surface area contributed by atoms with Gasteiger partial charge >= 0.3 is 11.9 Å². The van der Waals surface area contributed by atoms with Gasteiger partial charge in [0.1, 0.15) is 6.07 Å². The van der Waals surface area contributed by atoms with E-state index in [4.69, 9.17) is 14.7 Å². The SMILES string of the molecule is CCCOC(=O)C(C(=O)OCCC)c1ccc(C#N)c(F)c1F. The quantitative estimate of drug-likeness (QED) is 0.569. The fourth-order valence-corrected chi connectivity index (χ4v) is 1.80. The van der Waals surface area contributed by atoms with E-state index in [1.54, 1.807) is 13.8 Å². The van der Waals surface area contributed by atoms with Gasteiger partial charge in [0, 0.05) is 5.56 Å². The van der Waals surface area contributed by atoms with Crippen molar-refractivity contribution in [2.75, 3.05) is 13.2 Å². The zero-order valence-electron chi connectivity index (χ0n) is 12.9. The molecule has 0 amide bonds. The molecule has 0 aliphatic rings. The van der Waals surface area contributed by atoms with E-state index in [-0.39, 0.29) is 13.2 Å². The number of rotatable bonds is 7. The van der Waals surface area contributed by atoms with Crippen LogP contribution in [0.15, 0.2) is 12.1 Å². The first-order valence-corrected chi connectivity index (χ1v) is 7.19. The highest BCUT2D eigenvalue weighted by atomic mass is 19.2. The number of esters is 2. The minimum absolute atomic E-state index is 0.0385. The summed E-state index contributed by atoms with van der Waals surface area (Å²) >= 11 is 0. The molecule has 0 aliphatic heterocycles. The number of carbonyl (C=O) groups is 2. The van der Waals surface area contributed by atoms with Gasteiger partial charge in [0.15, 0.2) is 17.6 Å². The molecule has 0 radical (unpaired) electrons. The first-order chi connectivity index (χ1) is 11.0. The Hall–Kier alpha value is -2.49. The molecule has 1 aromatic rings. The van der Waals surface area contributed by atoms with Gasteiger partial charge in [-0.25, -0.2) is 8.78 Å². The highest BCUT2D eigenvalue weighted by molar-refractivity contribution is 6.00. The predicted molar refractivity (Wildman–Crippen MR) is 76.3 cm³/mol. The van der Waals surface area contributed by atoms with E-state index < -0.39 is 40.6 Å². The van der Waals surface area contributed by atoms with Gasteiger partial charge in [-0.3, -0.25) is 9.59 Å². The molecule has 23 heavy (non-hydrogen) atoms. The van der Waals surface area contributed by atoms with Crippen molar-refractivity contribution in [2.24, 2.45) is 0 Å². The maximum Gasteiger partial charge on any atom is 0.325 e. The molecule has 0 spiro atoms. The van der Waals surface area contributed by atoms with Crippen LogP contribution in [0.2, 0.25) is 0 Å². The Balaban J connectivity index is 3.24. The highest BCUT2D eigenvalue weighted by Crippen LogP contribution is 2.26. The first-order valence-electron chi connectivity index (χ1n) is 7.19. The second-order valence-electron chi connectivity index (χ2n) is 4.71. The normalized spacial score (nSPS) is 10.3. The molecule has 7 heteroatoms. The van der Waals surface area contributed by atoms with Crippen molar-refractivity contribution in [3.63, 3.8) is 0 Å². The van der Waals surface area contributed by atoms with Gasteiger partial charge in [0.2, 0.25) is 0 Å². The summed E-state index contributed by atoms with van der Waals surface area (Å²) in [6.45, 7) is 3.58. The van der Waals surface area contributed by atoms with Crippen LogP contribution in [0.3, 0.4) is 0 Å². The van der Waals surface area contributed by atoms with Crippen LogP contribution >= 0.6 is 0 Å². The summed E-state index contributed by atoms with van der Waals surface area (Å²) in [5.74, 6) is -6.61. The van der Waals surface area contributed by atoms with E-state index in [1.807, 2.05) is 0 Å². The lowest BCUT2D eigenvalue weighted by Gasteiger charge is -2.16. The Kier molecular flexibility index (Phi) is 7.13. The summed E-state index contributed by atoms with van der Waals surface area (Å²) in [6, 6.07) is 3.50. The molecular weight excluding hydrogens is 308 g/mol. The van der Waals surface area contributed by atoms with E-state index in [0.29, 0.717) is 12.8 Å². The molecule has 124 valence electrons. The minimum Gasteiger partial charge on any atom is -0.465 e. The zero-order valence-corrected chi connectivity index (χ0v) is 12.9. The van der Waals surface area contributed by atoms with Crippen molar-refractivity contribution in [2.45, 2.75) is 32.6 Å². The number of halogens is 2. The third-order valence-electron chi connectivity index (χ3n) is 2.91. The molecule has 0 bridgehead atoms. The fraction of sp³-hybridized carbons (Fsp3) is 0.438. The largest absolute Gasteiger partial charge is 0.465 e. The molecule has 0 aliphatic carbocycles. The van der Waals surface area contributed by atoms with Gasteiger partial charge < -0.3 is 9.47 Å². The van der Waals surface area contributed by atoms with Crippen LogP contribution < -0.4 is 0 Å². The van der Waals surface area contributed by atoms with Gasteiger partial charge in [-0.15, -0.1) is 0 Å². The van der Waals surface area contributed by atoms with E-state index in [2.05, 4.69) is 0 Å².